The van der Waals surface area contributed by atoms with E-state index in [0.717, 1.165) is 0 Å². The topological polar surface area (TPSA) is 64.4 Å². The molecule has 2 heterocycles. The van der Waals surface area contributed by atoms with E-state index in [2.05, 4.69) is 4.98 Å². The number of aromatic nitrogens is 2. The van der Waals surface area contributed by atoms with E-state index in [1.807, 2.05) is 6.92 Å². The number of imidazole rings is 1. The molecule has 2 rings (SSSR count). The van der Waals surface area contributed by atoms with Crippen LogP contribution < -0.4 is 0 Å². The maximum atomic E-state index is 10.5. The molecule has 70 valence electrons. The van der Waals surface area contributed by atoms with Crippen LogP contribution in [-0.2, 0) is 10.3 Å². The Morgan fingerprint density at radius 1 is 1.77 bits per heavy atom. The van der Waals surface area contributed by atoms with E-state index in [1.165, 1.54) is 12.5 Å². The Morgan fingerprint density at radius 3 is 2.85 bits per heavy atom. The molecule has 0 radical (unpaired) electrons. The van der Waals surface area contributed by atoms with Gasteiger partial charge in [-0.05, 0) is 6.92 Å². The van der Waals surface area contributed by atoms with E-state index in [4.69, 9.17) is 9.84 Å². The molecule has 1 aliphatic rings. The molecule has 0 aliphatic carbocycles. The summed E-state index contributed by atoms with van der Waals surface area (Å²) in [4.78, 5) is 14.3. The molecule has 0 spiro atoms. The Morgan fingerprint density at radius 2 is 2.46 bits per heavy atom. The molecule has 0 bridgehead atoms. The van der Waals surface area contributed by atoms with Crippen molar-refractivity contribution >= 4 is 5.97 Å². The van der Waals surface area contributed by atoms with Crippen molar-refractivity contribution in [3.63, 3.8) is 0 Å². The van der Waals surface area contributed by atoms with E-state index in [-0.39, 0.29) is 11.2 Å². The van der Waals surface area contributed by atoms with Crippen molar-refractivity contribution in [2.24, 2.45) is 0 Å². The molecule has 1 fully saturated rings. The molecule has 0 atom stereocenters. The van der Waals surface area contributed by atoms with Crippen molar-refractivity contribution in [1.82, 2.24) is 9.55 Å². The number of carboxylic acid groups (broad SMARTS) is 1. The predicted molar refractivity (Wildman–Crippen MR) is 43.7 cm³/mol. The van der Waals surface area contributed by atoms with Crippen molar-refractivity contribution in [1.29, 1.82) is 0 Å². The highest BCUT2D eigenvalue weighted by molar-refractivity contribution is 5.84. The first-order valence-electron chi connectivity index (χ1n) is 3.97. The number of hydrogen-bond acceptors (Lipinski definition) is 3. The molecule has 1 aromatic rings. The Bertz CT molecular complexity index is 341. The standard InChI is InChI=1S/C8H10N2O3/c1-8(3-13-4-8)10-2-6(7(11)12)9-5-10/h2,5H,3-4H2,1H3,(H,11,12). The van der Waals surface area contributed by atoms with Crippen LogP contribution in [0, 0.1) is 0 Å². The summed E-state index contributed by atoms with van der Waals surface area (Å²) < 4.78 is 6.86. The van der Waals surface area contributed by atoms with Crippen LogP contribution in [0.15, 0.2) is 12.5 Å². The van der Waals surface area contributed by atoms with Gasteiger partial charge in [0.05, 0.1) is 25.1 Å². The monoisotopic (exact) mass is 182 g/mol. The van der Waals surface area contributed by atoms with E-state index >= 15 is 0 Å². The van der Waals surface area contributed by atoms with E-state index in [1.54, 1.807) is 4.57 Å². The van der Waals surface area contributed by atoms with E-state index in [9.17, 15) is 4.79 Å². The van der Waals surface area contributed by atoms with Crippen LogP contribution in [0.5, 0.6) is 0 Å². The van der Waals surface area contributed by atoms with Gasteiger partial charge in [-0.1, -0.05) is 0 Å². The second-order valence-electron chi connectivity index (χ2n) is 3.46. The molecular weight excluding hydrogens is 172 g/mol. The largest absolute Gasteiger partial charge is 0.476 e. The van der Waals surface area contributed by atoms with Crippen molar-refractivity contribution in [3.05, 3.63) is 18.2 Å². The Balaban J connectivity index is 2.27. The molecule has 0 amide bonds. The first kappa shape index (κ1) is 8.25. The zero-order valence-corrected chi connectivity index (χ0v) is 7.23. The molecular formula is C8H10N2O3. The number of carbonyl (C=O) groups is 1. The van der Waals surface area contributed by atoms with Gasteiger partial charge >= 0.3 is 5.97 Å². The van der Waals surface area contributed by atoms with E-state index < -0.39 is 5.97 Å². The minimum Gasteiger partial charge on any atom is -0.476 e. The molecule has 5 heteroatoms. The molecule has 0 unspecified atom stereocenters. The van der Waals surface area contributed by atoms with Crippen LogP contribution in [0.25, 0.3) is 0 Å². The highest BCUT2D eigenvalue weighted by Gasteiger charge is 2.35. The quantitative estimate of drug-likeness (QED) is 0.715. The minimum absolute atomic E-state index is 0.0770. The summed E-state index contributed by atoms with van der Waals surface area (Å²) in [6.07, 6.45) is 3.07. The van der Waals surface area contributed by atoms with Gasteiger partial charge in [-0.25, -0.2) is 9.78 Å². The lowest BCUT2D eigenvalue weighted by Crippen LogP contribution is -2.48. The third kappa shape index (κ3) is 1.21. The van der Waals surface area contributed by atoms with Crippen molar-refractivity contribution < 1.29 is 14.6 Å². The van der Waals surface area contributed by atoms with Crippen LogP contribution >= 0.6 is 0 Å². The first-order chi connectivity index (χ1) is 6.12. The molecule has 1 aromatic heterocycles. The van der Waals surface area contributed by atoms with Crippen LogP contribution in [-0.4, -0.2) is 33.8 Å². The fourth-order valence-corrected chi connectivity index (χ4v) is 1.28. The van der Waals surface area contributed by atoms with Crippen molar-refractivity contribution in [2.45, 2.75) is 12.5 Å². The Labute approximate surface area is 75.0 Å². The number of ether oxygens (including phenoxy) is 1. The Hall–Kier alpha value is -1.36. The number of hydrogen-bond donors (Lipinski definition) is 1. The van der Waals surface area contributed by atoms with Gasteiger partial charge in [-0.3, -0.25) is 0 Å². The predicted octanol–water partition coefficient (Wildman–Crippen LogP) is 0.327. The third-order valence-corrected chi connectivity index (χ3v) is 2.25. The van der Waals surface area contributed by atoms with Gasteiger partial charge < -0.3 is 14.4 Å². The lowest BCUT2D eigenvalue weighted by molar-refractivity contribution is -0.0897. The summed E-state index contributed by atoms with van der Waals surface area (Å²) in [5.41, 5.74) is -0.0334. The van der Waals surface area contributed by atoms with Crippen molar-refractivity contribution in [3.8, 4) is 0 Å². The molecule has 13 heavy (non-hydrogen) atoms. The van der Waals surface area contributed by atoms with Gasteiger partial charge in [-0.2, -0.15) is 0 Å². The number of carboxylic acids is 1. The van der Waals surface area contributed by atoms with Gasteiger partial charge in [-0.15, -0.1) is 0 Å². The van der Waals surface area contributed by atoms with E-state index in [0.29, 0.717) is 13.2 Å². The lowest BCUT2D eigenvalue weighted by atomic mass is 10.0. The highest BCUT2D eigenvalue weighted by Crippen LogP contribution is 2.25. The van der Waals surface area contributed by atoms with Crippen LogP contribution in [0.2, 0.25) is 0 Å². The summed E-state index contributed by atoms with van der Waals surface area (Å²) >= 11 is 0. The average Bonchev–Trinajstić information content (AvgIpc) is 2.48. The summed E-state index contributed by atoms with van der Waals surface area (Å²) in [6.45, 7) is 3.23. The van der Waals surface area contributed by atoms with Gasteiger partial charge in [0, 0.05) is 6.20 Å². The fourth-order valence-electron chi connectivity index (χ4n) is 1.28. The number of aromatic carboxylic acids is 1. The molecule has 0 aromatic carbocycles. The zero-order valence-electron chi connectivity index (χ0n) is 7.23. The summed E-state index contributed by atoms with van der Waals surface area (Å²) in [7, 11) is 0. The molecule has 1 N–H and O–H groups in total. The molecule has 0 saturated carbocycles. The highest BCUT2D eigenvalue weighted by atomic mass is 16.5. The maximum absolute atomic E-state index is 10.5. The van der Waals surface area contributed by atoms with Gasteiger partial charge in [0.15, 0.2) is 5.69 Å². The maximum Gasteiger partial charge on any atom is 0.356 e. The second kappa shape index (κ2) is 2.56. The lowest BCUT2D eigenvalue weighted by Gasteiger charge is -2.39. The molecule has 1 saturated heterocycles. The van der Waals surface area contributed by atoms with Crippen LogP contribution in [0.3, 0.4) is 0 Å². The first-order valence-corrected chi connectivity index (χ1v) is 3.97. The molecule has 5 nitrogen and oxygen atoms in total. The molecule has 1 aliphatic heterocycles. The van der Waals surface area contributed by atoms with Gasteiger partial charge in [0.2, 0.25) is 0 Å². The minimum atomic E-state index is -0.998. The summed E-state index contributed by atoms with van der Waals surface area (Å²) in [5, 5.41) is 8.65. The normalized spacial score (nSPS) is 19.5. The summed E-state index contributed by atoms with van der Waals surface area (Å²) in [5.74, 6) is -0.998. The third-order valence-electron chi connectivity index (χ3n) is 2.25. The smallest absolute Gasteiger partial charge is 0.356 e. The summed E-state index contributed by atoms with van der Waals surface area (Å²) in [6, 6.07) is 0. The van der Waals surface area contributed by atoms with Crippen LogP contribution in [0.4, 0.5) is 0 Å². The fraction of sp³-hybridized carbons (Fsp3) is 0.500. The van der Waals surface area contributed by atoms with Crippen molar-refractivity contribution in [2.75, 3.05) is 13.2 Å². The number of nitrogens with zero attached hydrogens (tertiary/aromatic N) is 2. The SMILES string of the molecule is CC1(n2cnc(C(=O)O)c2)COC1. The van der Waals surface area contributed by atoms with Gasteiger partial charge in [0.1, 0.15) is 0 Å². The van der Waals surface area contributed by atoms with Gasteiger partial charge in [0.25, 0.3) is 0 Å². The average molecular weight is 182 g/mol. The second-order valence-corrected chi connectivity index (χ2v) is 3.46. The number of rotatable bonds is 2. The zero-order chi connectivity index (χ0) is 9.47. The Kier molecular flexibility index (Phi) is 1.63. The van der Waals surface area contributed by atoms with Crippen LogP contribution in [0.1, 0.15) is 17.4 Å².